The van der Waals surface area contributed by atoms with Crippen molar-refractivity contribution >= 4 is 23.2 Å². The molecule has 0 saturated heterocycles. The molecular formula is C20H21N3O3. The van der Waals surface area contributed by atoms with E-state index >= 15 is 0 Å². The quantitative estimate of drug-likeness (QED) is 0.888. The van der Waals surface area contributed by atoms with Gasteiger partial charge in [-0.15, -0.1) is 0 Å². The zero-order valence-electron chi connectivity index (χ0n) is 14.7. The Kier molecular flexibility index (Phi) is 4.32. The molecule has 0 atom stereocenters. The van der Waals surface area contributed by atoms with Gasteiger partial charge in [-0.3, -0.25) is 9.59 Å². The van der Waals surface area contributed by atoms with E-state index in [4.69, 9.17) is 4.74 Å². The van der Waals surface area contributed by atoms with E-state index in [0.29, 0.717) is 28.6 Å². The highest BCUT2D eigenvalue weighted by atomic mass is 16.5. The Morgan fingerprint density at radius 3 is 2.85 bits per heavy atom. The van der Waals surface area contributed by atoms with Crippen LogP contribution in [0.15, 0.2) is 36.5 Å². The van der Waals surface area contributed by atoms with Gasteiger partial charge >= 0.3 is 0 Å². The van der Waals surface area contributed by atoms with Crippen molar-refractivity contribution in [1.29, 1.82) is 0 Å². The second-order valence-corrected chi connectivity index (χ2v) is 6.83. The molecule has 0 radical (unpaired) electrons. The summed E-state index contributed by atoms with van der Waals surface area (Å²) in [6.45, 7) is 0. The second kappa shape index (κ2) is 6.78. The van der Waals surface area contributed by atoms with Crippen LogP contribution >= 0.6 is 0 Å². The molecule has 0 unspecified atom stereocenters. The van der Waals surface area contributed by atoms with Crippen LogP contribution in [-0.4, -0.2) is 23.8 Å². The normalized spacial score (nSPS) is 17.0. The number of fused-ring (bicyclic) bond motifs is 2. The summed E-state index contributed by atoms with van der Waals surface area (Å²) >= 11 is 0. The van der Waals surface area contributed by atoms with Crippen LogP contribution in [0.1, 0.15) is 42.5 Å². The molecule has 4 rings (SSSR count). The van der Waals surface area contributed by atoms with Gasteiger partial charge in [-0.25, -0.2) is 4.98 Å². The predicted molar refractivity (Wildman–Crippen MR) is 98.7 cm³/mol. The highest BCUT2D eigenvalue weighted by Gasteiger charge is 2.27. The number of carbonyl (C=O) groups is 2. The van der Waals surface area contributed by atoms with Gasteiger partial charge in [-0.2, -0.15) is 0 Å². The van der Waals surface area contributed by atoms with E-state index in [1.165, 1.54) is 11.3 Å². The number of amides is 2. The maximum Gasteiger partial charge on any atom is 0.262 e. The standard InChI is InChI=1S/C20H21N3O3/c1-23-16-8-5-11-21-19(16)26-17-10-9-14(12-15(17)20(23)25)22-18(24)13-6-3-2-4-7-13/h5,8-13H,2-4,6-7H2,1H3,(H,22,24). The zero-order valence-corrected chi connectivity index (χ0v) is 14.7. The van der Waals surface area contributed by atoms with E-state index in [2.05, 4.69) is 10.3 Å². The first-order valence-electron chi connectivity index (χ1n) is 8.99. The Labute approximate surface area is 152 Å². The van der Waals surface area contributed by atoms with E-state index < -0.39 is 0 Å². The fraction of sp³-hybridized carbons (Fsp3) is 0.350. The third-order valence-corrected chi connectivity index (χ3v) is 5.08. The number of nitrogens with zero attached hydrogens (tertiary/aromatic N) is 2. The summed E-state index contributed by atoms with van der Waals surface area (Å²) in [5.74, 6) is 0.729. The number of ether oxygens (including phenoxy) is 1. The average Bonchev–Trinajstić information content (AvgIpc) is 2.78. The van der Waals surface area contributed by atoms with Crippen molar-refractivity contribution in [2.45, 2.75) is 32.1 Å². The summed E-state index contributed by atoms with van der Waals surface area (Å²) in [5, 5.41) is 2.96. The molecule has 2 aliphatic rings. The van der Waals surface area contributed by atoms with Gasteiger partial charge < -0.3 is 15.0 Å². The van der Waals surface area contributed by atoms with Crippen molar-refractivity contribution in [3.63, 3.8) is 0 Å². The molecule has 0 spiro atoms. The lowest BCUT2D eigenvalue weighted by Gasteiger charge is -2.21. The van der Waals surface area contributed by atoms with Crippen LogP contribution in [0, 0.1) is 5.92 Å². The number of benzene rings is 1. The van der Waals surface area contributed by atoms with Gasteiger partial charge in [0.1, 0.15) is 11.4 Å². The van der Waals surface area contributed by atoms with Gasteiger partial charge in [0.25, 0.3) is 5.91 Å². The Hall–Kier alpha value is -2.89. The fourth-order valence-electron chi connectivity index (χ4n) is 3.58. The summed E-state index contributed by atoms with van der Waals surface area (Å²) in [4.78, 5) is 31.0. The maximum absolute atomic E-state index is 12.8. The first-order chi connectivity index (χ1) is 12.6. The molecule has 1 aliphatic heterocycles. The Morgan fingerprint density at radius 1 is 1.23 bits per heavy atom. The van der Waals surface area contributed by atoms with Crippen LogP contribution in [0.5, 0.6) is 11.6 Å². The number of hydrogen-bond donors (Lipinski definition) is 1. The number of anilines is 2. The second-order valence-electron chi connectivity index (χ2n) is 6.83. The van der Waals surface area contributed by atoms with Crippen LogP contribution in [0.2, 0.25) is 0 Å². The molecule has 1 aromatic heterocycles. The van der Waals surface area contributed by atoms with Crippen LogP contribution in [-0.2, 0) is 4.79 Å². The number of rotatable bonds is 2. The van der Waals surface area contributed by atoms with Gasteiger partial charge in [0, 0.05) is 24.8 Å². The molecule has 6 heteroatoms. The first-order valence-corrected chi connectivity index (χ1v) is 8.99. The molecule has 1 aromatic carbocycles. The van der Waals surface area contributed by atoms with Gasteiger partial charge in [-0.05, 0) is 43.2 Å². The summed E-state index contributed by atoms with van der Waals surface area (Å²) in [6.07, 6.45) is 6.90. The van der Waals surface area contributed by atoms with Crippen molar-refractivity contribution in [3.05, 3.63) is 42.1 Å². The predicted octanol–water partition coefficient (Wildman–Crippen LogP) is 3.98. The van der Waals surface area contributed by atoms with E-state index in [-0.39, 0.29) is 17.7 Å². The minimum atomic E-state index is -0.194. The van der Waals surface area contributed by atoms with Crippen molar-refractivity contribution in [2.75, 3.05) is 17.3 Å². The van der Waals surface area contributed by atoms with Crippen molar-refractivity contribution in [3.8, 4) is 11.6 Å². The minimum Gasteiger partial charge on any atom is -0.436 e. The zero-order chi connectivity index (χ0) is 18.1. The largest absolute Gasteiger partial charge is 0.436 e. The molecular weight excluding hydrogens is 330 g/mol. The highest BCUT2D eigenvalue weighted by molar-refractivity contribution is 6.10. The molecule has 2 amide bonds. The highest BCUT2D eigenvalue weighted by Crippen LogP contribution is 2.37. The van der Waals surface area contributed by atoms with Crippen molar-refractivity contribution in [2.24, 2.45) is 5.92 Å². The fourth-order valence-corrected chi connectivity index (χ4v) is 3.58. The molecule has 1 fully saturated rings. The molecule has 2 heterocycles. The Morgan fingerprint density at radius 2 is 2.04 bits per heavy atom. The number of aromatic nitrogens is 1. The van der Waals surface area contributed by atoms with Gasteiger partial charge in [0.05, 0.1) is 5.56 Å². The molecule has 0 bridgehead atoms. The van der Waals surface area contributed by atoms with Crippen LogP contribution in [0.4, 0.5) is 11.4 Å². The lowest BCUT2D eigenvalue weighted by molar-refractivity contribution is -0.120. The SMILES string of the molecule is CN1C(=O)c2cc(NC(=O)C3CCCCC3)ccc2Oc2ncccc21. The van der Waals surface area contributed by atoms with Gasteiger partial charge in [-0.1, -0.05) is 19.3 Å². The number of pyridine rings is 1. The van der Waals surface area contributed by atoms with Crippen LogP contribution in [0.25, 0.3) is 0 Å². The maximum atomic E-state index is 12.8. The van der Waals surface area contributed by atoms with E-state index in [9.17, 15) is 9.59 Å². The van der Waals surface area contributed by atoms with Crippen molar-refractivity contribution < 1.29 is 14.3 Å². The topological polar surface area (TPSA) is 71.5 Å². The van der Waals surface area contributed by atoms with Crippen LogP contribution < -0.4 is 15.0 Å². The third kappa shape index (κ3) is 3.03. The smallest absolute Gasteiger partial charge is 0.262 e. The summed E-state index contributed by atoms with van der Waals surface area (Å²) in [7, 11) is 1.69. The third-order valence-electron chi connectivity index (χ3n) is 5.08. The summed E-state index contributed by atoms with van der Waals surface area (Å²) in [6, 6.07) is 8.71. The number of carbonyl (C=O) groups excluding carboxylic acids is 2. The monoisotopic (exact) mass is 351 g/mol. The lowest BCUT2D eigenvalue weighted by atomic mass is 9.88. The lowest BCUT2D eigenvalue weighted by Crippen LogP contribution is -2.26. The first kappa shape index (κ1) is 16.6. The molecule has 1 aliphatic carbocycles. The van der Waals surface area contributed by atoms with Gasteiger partial charge in [0.2, 0.25) is 11.8 Å². The van der Waals surface area contributed by atoms with Crippen molar-refractivity contribution in [1.82, 2.24) is 4.98 Å². The summed E-state index contributed by atoms with van der Waals surface area (Å²) < 4.78 is 5.83. The van der Waals surface area contributed by atoms with E-state index in [0.717, 1.165) is 25.7 Å². The summed E-state index contributed by atoms with van der Waals surface area (Å²) in [5.41, 5.74) is 1.64. The molecule has 6 nitrogen and oxygen atoms in total. The minimum absolute atomic E-state index is 0.0324. The molecule has 1 N–H and O–H groups in total. The van der Waals surface area contributed by atoms with Crippen LogP contribution in [0.3, 0.4) is 0 Å². The molecule has 1 saturated carbocycles. The average molecular weight is 351 g/mol. The molecule has 26 heavy (non-hydrogen) atoms. The number of hydrogen-bond acceptors (Lipinski definition) is 4. The molecule has 2 aromatic rings. The van der Waals surface area contributed by atoms with E-state index in [1.54, 1.807) is 43.6 Å². The Balaban J connectivity index is 1.61. The van der Waals surface area contributed by atoms with E-state index in [1.807, 2.05) is 0 Å². The molecule has 134 valence electrons. The number of nitrogens with one attached hydrogen (secondary N) is 1. The van der Waals surface area contributed by atoms with Gasteiger partial charge in [0.15, 0.2) is 0 Å². The Bertz CT molecular complexity index is 859.